The molecular formula is C20H21BrClN3. The SMILES string of the molecule is CC(C)(C)NCc1cc(Br)cc(Nc2ccnc3cc(Cl)ccc23)c1. The van der Waals surface area contributed by atoms with Crippen LogP contribution in [-0.4, -0.2) is 10.5 Å². The van der Waals surface area contributed by atoms with Crippen molar-refractivity contribution >= 4 is 49.8 Å². The second kappa shape index (κ2) is 7.32. The van der Waals surface area contributed by atoms with E-state index >= 15 is 0 Å². The Morgan fingerprint density at radius 1 is 1.08 bits per heavy atom. The smallest absolute Gasteiger partial charge is 0.0737 e. The highest BCUT2D eigenvalue weighted by atomic mass is 79.9. The Hall–Kier alpha value is -1.62. The quantitative estimate of drug-likeness (QED) is 0.523. The maximum absolute atomic E-state index is 6.07. The molecule has 0 spiro atoms. The van der Waals surface area contributed by atoms with Crippen LogP contribution in [0.1, 0.15) is 26.3 Å². The van der Waals surface area contributed by atoms with E-state index in [2.05, 4.69) is 70.5 Å². The van der Waals surface area contributed by atoms with Gasteiger partial charge in [-0.25, -0.2) is 0 Å². The van der Waals surface area contributed by atoms with E-state index in [1.54, 1.807) is 6.20 Å². The van der Waals surface area contributed by atoms with Crippen molar-refractivity contribution < 1.29 is 0 Å². The first-order valence-corrected chi connectivity index (χ1v) is 9.33. The van der Waals surface area contributed by atoms with Crippen LogP contribution in [-0.2, 0) is 6.54 Å². The van der Waals surface area contributed by atoms with E-state index in [1.807, 2.05) is 24.3 Å². The summed E-state index contributed by atoms with van der Waals surface area (Å²) in [6.07, 6.45) is 1.79. The average Bonchev–Trinajstić information content (AvgIpc) is 2.52. The fraction of sp³-hybridized carbons (Fsp3) is 0.250. The minimum Gasteiger partial charge on any atom is -0.355 e. The molecule has 0 fully saturated rings. The highest BCUT2D eigenvalue weighted by molar-refractivity contribution is 9.10. The van der Waals surface area contributed by atoms with E-state index in [1.165, 1.54) is 5.56 Å². The van der Waals surface area contributed by atoms with Crippen molar-refractivity contribution in [1.82, 2.24) is 10.3 Å². The molecule has 25 heavy (non-hydrogen) atoms. The number of anilines is 2. The molecule has 3 nitrogen and oxygen atoms in total. The minimum absolute atomic E-state index is 0.0798. The first kappa shape index (κ1) is 18.2. The van der Waals surface area contributed by atoms with Crippen LogP contribution < -0.4 is 10.6 Å². The number of rotatable bonds is 4. The van der Waals surface area contributed by atoms with E-state index in [-0.39, 0.29) is 5.54 Å². The van der Waals surface area contributed by atoms with Crippen LogP contribution in [0.25, 0.3) is 10.9 Å². The van der Waals surface area contributed by atoms with Crippen molar-refractivity contribution in [3.8, 4) is 0 Å². The monoisotopic (exact) mass is 417 g/mol. The summed E-state index contributed by atoms with van der Waals surface area (Å²) in [4.78, 5) is 4.39. The van der Waals surface area contributed by atoms with Gasteiger partial charge in [-0.1, -0.05) is 27.5 Å². The Balaban J connectivity index is 1.89. The molecule has 0 radical (unpaired) electrons. The van der Waals surface area contributed by atoms with Gasteiger partial charge in [-0.15, -0.1) is 0 Å². The van der Waals surface area contributed by atoms with Crippen LogP contribution in [0.3, 0.4) is 0 Å². The standard InChI is InChI=1S/C20H21BrClN3/c1-20(2,3)24-12-13-8-14(21)10-16(9-13)25-18-6-7-23-19-11-15(22)4-5-17(18)19/h4-11,24H,12H2,1-3H3,(H,23,25). The average molecular weight is 419 g/mol. The first-order chi connectivity index (χ1) is 11.8. The van der Waals surface area contributed by atoms with Crippen molar-refractivity contribution in [3.05, 3.63) is 63.7 Å². The molecule has 2 N–H and O–H groups in total. The molecule has 0 amide bonds. The van der Waals surface area contributed by atoms with Crippen LogP contribution in [0.4, 0.5) is 11.4 Å². The van der Waals surface area contributed by atoms with E-state index in [0.29, 0.717) is 5.02 Å². The van der Waals surface area contributed by atoms with Gasteiger partial charge in [0, 0.05) is 44.5 Å². The number of aromatic nitrogens is 1. The zero-order valence-electron chi connectivity index (χ0n) is 14.5. The molecule has 0 aliphatic carbocycles. The predicted molar refractivity (Wildman–Crippen MR) is 111 cm³/mol. The van der Waals surface area contributed by atoms with Gasteiger partial charge in [0.15, 0.2) is 0 Å². The maximum atomic E-state index is 6.07. The van der Waals surface area contributed by atoms with Crippen molar-refractivity contribution in [2.24, 2.45) is 0 Å². The first-order valence-electron chi connectivity index (χ1n) is 8.16. The van der Waals surface area contributed by atoms with Gasteiger partial charge in [-0.3, -0.25) is 4.98 Å². The second-order valence-corrected chi connectivity index (χ2v) is 8.45. The Morgan fingerprint density at radius 3 is 2.64 bits per heavy atom. The lowest BCUT2D eigenvalue weighted by Crippen LogP contribution is -2.35. The lowest BCUT2D eigenvalue weighted by atomic mass is 10.1. The molecule has 0 saturated carbocycles. The summed E-state index contributed by atoms with van der Waals surface area (Å²) in [5.41, 5.74) is 4.21. The number of nitrogens with one attached hydrogen (secondary N) is 2. The summed E-state index contributed by atoms with van der Waals surface area (Å²) in [5.74, 6) is 0. The van der Waals surface area contributed by atoms with E-state index in [9.17, 15) is 0 Å². The number of fused-ring (bicyclic) bond motifs is 1. The van der Waals surface area contributed by atoms with E-state index in [0.717, 1.165) is 33.3 Å². The highest BCUT2D eigenvalue weighted by Gasteiger charge is 2.10. The Morgan fingerprint density at radius 2 is 1.88 bits per heavy atom. The van der Waals surface area contributed by atoms with Crippen molar-refractivity contribution in [2.75, 3.05) is 5.32 Å². The molecule has 3 aromatic rings. The van der Waals surface area contributed by atoms with Crippen LogP contribution in [0, 0.1) is 0 Å². The largest absolute Gasteiger partial charge is 0.355 e. The Kier molecular flexibility index (Phi) is 5.32. The summed E-state index contributed by atoms with van der Waals surface area (Å²) >= 11 is 9.68. The Bertz CT molecular complexity index is 903. The Labute approximate surface area is 161 Å². The number of halogens is 2. The van der Waals surface area contributed by atoms with Gasteiger partial charge in [-0.2, -0.15) is 0 Å². The summed E-state index contributed by atoms with van der Waals surface area (Å²) in [5, 5.41) is 8.76. The van der Waals surface area contributed by atoms with Gasteiger partial charge in [0.05, 0.1) is 5.52 Å². The van der Waals surface area contributed by atoms with Crippen LogP contribution in [0.2, 0.25) is 5.02 Å². The van der Waals surface area contributed by atoms with Gasteiger partial charge >= 0.3 is 0 Å². The summed E-state index contributed by atoms with van der Waals surface area (Å²) in [6.45, 7) is 7.31. The molecule has 0 atom stereocenters. The van der Waals surface area contributed by atoms with Gasteiger partial charge in [-0.05, 0) is 68.8 Å². The molecule has 130 valence electrons. The number of benzene rings is 2. The van der Waals surface area contributed by atoms with Crippen molar-refractivity contribution in [3.63, 3.8) is 0 Å². The molecule has 0 aliphatic heterocycles. The fourth-order valence-electron chi connectivity index (χ4n) is 2.58. The molecule has 5 heteroatoms. The van der Waals surface area contributed by atoms with Gasteiger partial charge in [0.2, 0.25) is 0 Å². The molecule has 0 bridgehead atoms. The van der Waals surface area contributed by atoms with E-state index < -0.39 is 0 Å². The maximum Gasteiger partial charge on any atom is 0.0737 e. The lowest BCUT2D eigenvalue weighted by Gasteiger charge is -2.21. The van der Waals surface area contributed by atoms with Crippen molar-refractivity contribution in [1.29, 1.82) is 0 Å². The molecule has 3 rings (SSSR count). The molecule has 0 aliphatic rings. The molecular weight excluding hydrogens is 398 g/mol. The molecule has 0 unspecified atom stereocenters. The summed E-state index contributed by atoms with van der Waals surface area (Å²) in [7, 11) is 0. The summed E-state index contributed by atoms with van der Waals surface area (Å²) < 4.78 is 1.05. The second-order valence-electron chi connectivity index (χ2n) is 7.10. The van der Waals surface area contributed by atoms with Crippen LogP contribution in [0.15, 0.2) is 53.1 Å². The third-order valence-electron chi connectivity index (χ3n) is 3.76. The zero-order chi connectivity index (χ0) is 18.0. The fourth-order valence-corrected chi connectivity index (χ4v) is 3.28. The number of nitrogens with zero attached hydrogens (tertiary/aromatic N) is 1. The minimum atomic E-state index is 0.0798. The lowest BCUT2D eigenvalue weighted by molar-refractivity contribution is 0.424. The number of hydrogen-bond donors (Lipinski definition) is 2. The topological polar surface area (TPSA) is 37.0 Å². The van der Waals surface area contributed by atoms with Crippen LogP contribution >= 0.6 is 27.5 Å². The van der Waals surface area contributed by atoms with Crippen LogP contribution in [0.5, 0.6) is 0 Å². The van der Waals surface area contributed by atoms with E-state index in [4.69, 9.17) is 11.6 Å². The molecule has 1 heterocycles. The predicted octanol–water partition coefficient (Wildman–Crippen LogP) is 6.28. The normalized spacial score (nSPS) is 11.7. The number of pyridine rings is 1. The molecule has 2 aromatic carbocycles. The van der Waals surface area contributed by atoms with Gasteiger partial charge < -0.3 is 10.6 Å². The third-order valence-corrected chi connectivity index (χ3v) is 4.46. The zero-order valence-corrected chi connectivity index (χ0v) is 16.9. The van der Waals surface area contributed by atoms with Crippen molar-refractivity contribution in [2.45, 2.75) is 32.9 Å². The highest BCUT2D eigenvalue weighted by Crippen LogP contribution is 2.29. The molecule has 0 saturated heterocycles. The molecule has 1 aromatic heterocycles. The van der Waals surface area contributed by atoms with Gasteiger partial charge in [0.1, 0.15) is 0 Å². The number of hydrogen-bond acceptors (Lipinski definition) is 3. The summed E-state index contributed by atoms with van der Waals surface area (Å²) in [6, 6.07) is 14.1. The van der Waals surface area contributed by atoms with Gasteiger partial charge in [0.25, 0.3) is 0 Å². The third kappa shape index (κ3) is 4.94.